The maximum Gasteiger partial charge on any atom is 0.195 e. The van der Waals surface area contributed by atoms with Crippen LogP contribution in [0.5, 0.6) is 11.5 Å². The van der Waals surface area contributed by atoms with Crippen molar-refractivity contribution < 1.29 is 14.6 Å². The van der Waals surface area contributed by atoms with Gasteiger partial charge in [0.05, 0.1) is 15.7 Å². The molecule has 36 heavy (non-hydrogen) atoms. The van der Waals surface area contributed by atoms with Crippen molar-refractivity contribution in [2.45, 2.75) is 19.3 Å². The number of piperidine rings is 1. The van der Waals surface area contributed by atoms with Crippen LogP contribution in [0.25, 0.3) is 30.7 Å². The zero-order valence-corrected chi connectivity index (χ0v) is 21.4. The molecule has 1 aliphatic rings. The van der Waals surface area contributed by atoms with Gasteiger partial charge in [0.2, 0.25) is 0 Å². The Labute approximate surface area is 217 Å². The van der Waals surface area contributed by atoms with Crippen molar-refractivity contribution in [1.82, 2.24) is 9.88 Å². The van der Waals surface area contributed by atoms with E-state index in [9.17, 15) is 9.90 Å². The Bertz CT molecular complexity index is 1530. The third-order valence-electron chi connectivity index (χ3n) is 6.74. The number of likely N-dealkylation sites (tertiary alicyclic amines) is 1. The second-order valence-corrected chi connectivity index (χ2v) is 11.1. The molecule has 5 aromatic rings. The monoisotopic (exact) mass is 514 g/mol. The highest BCUT2D eigenvalue weighted by Crippen LogP contribution is 2.42. The molecule has 0 bridgehead atoms. The van der Waals surface area contributed by atoms with E-state index in [0.717, 1.165) is 56.1 Å². The standard InChI is InChI=1S/C29H26N2O3S2/c32-21-7-10-23-25(17-21)36-29(20-6-11-24-26(16-20)35-18-30-24)27(23)28(33)19-4-8-22(9-5-19)34-15-14-31-12-2-1-3-13-31/h4-11,16-18,32H,1-3,12-15H2. The molecule has 6 rings (SSSR count). The Morgan fingerprint density at radius 3 is 2.64 bits per heavy atom. The normalized spacial score (nSPS) is 14.4. The number of aromatic hydroxyl groups is 1. The molecule has 182 valence electrons. The molecule has 5 nitrogen and oxygen atoms in total. The van der Waals surface area contributed by atoms with Gasteiger partial charge < -0.3 is 9.84 Å². The first kappa shape index (κ1) is 23.2. The van der Waals surface area contributed by atoms with Crippen molar-refractivity contribution in [1.29, 1.82) is 0 Å². The van der Waals surface area contributed by atoms with Crippen LogP contribution in [0.3, 0.4) is 0 Å². The summed E-state index contributed by atoms with van der Waals surface area (Å²) in [4.78, 5) is 21.6. The minimum absolute atomic E-state index is 0.0359. The van der Waals surface area contributed by atoms with E-state index >= 15 is 0 Å². The van der Waals surface area contributed by atoms with Crippen LogP contribution in [-0.2, 0) is 0 Å². The third kappa shape index (κ3) is 4.62. The van der Waals surface area contributed by atoms with E-state index in [1.54, 1.807) is 23.5 Å². The summed E-state index contributed by atoms with van der Waals surface area (Å²) >= 11 is 3.11. The van der Waals surface area contributed by atoms with Gasteiger partial charge in [0.1, 0.15) is 18.1 Å². The van der Waals surface area contributed by atoms with Gasteiger partial charge in [-0.25, -0.2) is 4.98 Å². The number of rotatable bonds is 7. The zero-order valence-electron chi connectivity index (χ0n) is 19.8. The maximum absolute atomic E-state index is 13.8. The summed E-state index contributed by atoms with van der Waals surface area (Å²) in [7, 11) is 0. The highest BCUT2D eigenvalue weighted by molar-refractivity contribution is 7.23. The van der Waals surface area contributed by atoms with E-state index in [4.69, 9.17) is 4.74 Å². The zero-order chi connectivity index (χ0) is 24.5. The van der Waals surface area contributed by atoms with E-state index in [2.05, 4.69) is 16.0 Å². The van der Waals surface area contributed by atoms with Gasteiger partial charge in [-0.2, -0.15) is 0 Å². The van der Waals surface area contributed by atoms with Crippen molar-refractivity contribution in [2.24, 2.45) is 0 Å². The number of aromatic nitrogens is 1. The van der Waals surface area contributed by atoms with Gasteiger partial charge in [-0.15, -0.1) is 22.7 Å². The molecule has 0 amide bonds. The Morgan fingerprint density at radius 1 is 0.972 bits per heavy atom. The van der Waals surface area contributed by atoms with Gasteiger partial charge in [0.25, 0.3) is 0 Å². The number of hydrogen-bond donors (Lipinski definition) is 1. The van der Waals surface area contributed by atoms with Crippen LogP contribution >= 0.6 is 22.7 Å². The molecular weight excluding hydrogens is 488 g/mol. The summed E-state index contributed by atoms with van der Waals surface area (Å²) in [6, 6.07) is 18.8. The molecule has 3 aromatic carbocycles. The Hall–Kier alpha value is -3.26. The number of carbonyl (C=O) groups is 1. The third-order valence-corrected chi connectivity index (χ3v) is 8.73. The first-order valence-corrected chi connectivity index (χ1v) is 13.9. The second-order valence-electron chi connectivity index (χ2n) is 9.13. The van der Waals surface area contributed by atoms with Crippen LogP contribution in [0, 0.1) is 0 Å². The van der Waals surface area contributed by atoms with Gasteiger partial charge >= 0.3 is 0 Å². The number of thiophene rings is 1. The molecule has 0 aliphatic carbocycles. The van der Waals surface area contributed by atoms with Gasteiger partial charge in [-0.1, -0.05) is 12.5 Å². The van der Waals surface area contributed by atoms with Crippen LogP contribution in [0.4, 0.5) is 0 Å². The Kier molecular flexibility index (Phi) is 6.44. The number of ketones is 1. The minimum atomic E-state index is -0.0359. The van der Waals surface area contributed by atoms with E-state index < -0.39 is 0 Å². The largest absolute Gasteiger partial charge is 0.508 e. The van der Waals surface area contributed by atoms with Gasteiger partial charge in [0.15, 0.2) is 5.78 Å². The number of nitrogens with zero attached hydrogens (tertiary/aromatic N) is 2. The highest BCUT2D eigenvalue weighted by Gasteiger charge is 2.22. The van der Waals surface area contributed by atoms with E-state index in [1.165, 1.54) is 30.6 Å². The fourth-order valence-electron chi connectivity index (χ4n) is 4.83. The lowest BCUT2D eigenvalue weighted by molar-refractivity contribution is 0.104. The molecule has 1 saturated heterocycles. The van der Waals surface area contributed by atoms with Crippen molar-refractivity contribution in [3.63, 3.8) is 0 Å². The minimum Gasteiger partial charge on any atom is -0.508 e. The van der Waals surface area contributed by atoms with Crippen molar-refractivity contribution in [3.8, 4) is 21.9 Å². The summed E-state index contributed by atoms with van der Waals surface area (Å²) in [5, 5.41) is 10.9. The average Bonchev–Trinajstić information content (AvgIpc) is 3.53. The molecule has 1 fully saturated rings. The molecule has 3 heterocycles. The first-order chi connectivity index (χ1) is 17.7. The molecular formula is C29H26N2O3S2. The number of fused-ring (bicyclic) bond motifs is 2. The molecule has 1 N–H and O–H groups in total. The van der Waals surface area contributed by atoms with Crippen LogP contribution in [0.2, 0.25) is 0 Å². The number of thiazole rings is 1. The van der Waals surface area contributed by atoms with Crippen molar-refractivity contribution in [3.05, 3.63) is 77.3 Å². The molecule has 0 saturated carbocycles. The lowest BCUT2D eigenvalue weighted by Gasteiger charge is -2.26. The predicted octanol–water partition coefficient (Wildman–Crippen LogP) is 6.98. The number of phenolic OH excluding ortho intramolecular Hbond substituents is 1. The van der Waals surface area contributed by atoms with Crippen molar-refractivity contribution >= 4 is 48.8 Å². The smallest absolute Gasteiger partial charge is 0.195 e. The van der Waals surface area contributed by atoms with Gasteiger partial charge in [-0.05, 0) is 86.1 Å². The second kappa shape index (κ2) is 10.0. The van der Waals surface area contributed by atoms with Crippen LogP contribution in [-0.4, -0.2) is 47.0 Å². The highest BCUT2D eigenvalue weighted by atomic mass is 32.1. The molecule has 2 aromatic heterocycles. The quantitative estimate of drug-likeness (QED) is 0.237. The average molecular weight is 515 g/mol. The topological polar surface area (TPSA) is 62.7 Å². The summed E-state index contributed by atoms with van der Waals surface area (Å²) in [5.74, 6) is 0.934. The summed E-state index contributed by atoms with van der Waals surface area (Å²) in [5.41, 5.74) is 5.04. The summed E-state index contributed by atoms with van der Waals surface area (Å²) in [6.07, 6.45) is 3.87. The van der Waals surface area contributed by atoms with Crippen molar-refractivity contribution in [2.75, 3.05) is 26.2 Å². The molecule has 0 unspecified atom stereocenters. The number of benzene rings is 3. The van der Waals surface area contributed by atoms with Crippen LogP contribution < -0.4 is 4.74 Å². The van der Waals surface area contributed by atoms with Gasteiger partial charge in [0, 0.05) is 32.6 Å². The number of carbonyl (C=O) groups excluding carboxylic acids is 1. The fraction of sp³-hybridized carbons (Fsp3) is 0.241. The Balaban J connectivity index is 1.28. The van der Waals surface area contributed by atoms with E-state index in [0.29, 0.717) is 17.7 Å². The lowest BCUT2D eigenvalue weighted by Crippen LogP contribution is -2.33. The summed E-state index contributed by atoms with van der Waals surface area (Å²) < 4.78 is 7.93. The van der Waals surface area contributed by atoms with E-state index in [1.807, 2.05) is 48.0 Å². The lowest BCUT2D eigenvalue weighted by atomic mass is 9.97. The maximum atomic E-state index is 13.8. The van der Waals surface area contributed by atoms with Crippen LogP contribution in [0.1, 0.15) is 35.2 Å². The molecule has 0 spiro atoms. The Morgan fingerprint density at radius 2 is 1.81 bits per heavy atom. The SMILES string of the molecule is O=C(c1ccc(OCCN2CCCCC2)cc1)c1c(-c2ccc3ncsc3c2)sc2cc(O)ccc12. The molecule has 1 aliphatic heterocycles. The molecule has 0 atom stereocenters. The number of phenols is 1. The summed E-state index contributed by atoms with van der Waals surface area (Å²) in [6.45, 7) is 3.89. The van der Waals surface area contributed by atoms with E-state index in [-0.39, 0.29) is 11.5 Å². The molecule has 0 radical (unpaired) electrons. The predicted molar refractivity (Wildman–Crippen MR) is 148 cm³/mol. The van der Waals surface area contributed by atoms with Gasteiger partial charge in [-0.3, -0.25) is 9.69 Å². The fourth-order valence-corrected chi connectivity index (χ4v) is 6.78. The number of ether oxygens (including phenoxy) is 1. The van der Waals surface area contributed by atoms with Crippen LogP contribution in [0.15, 0.2) is 66.2 Å². The molecule has 7 heteroatoms. The number of hydrogen-bond acceptors (Lipinski definition) is 7. The first-order valence-electron chi connectivity index (χ1n) is 12.2.